The van der Waals surface area contributed by atoms with Gasteiger partial charge in [0.15, 0.2) is 6.10 Å². The van der Waals surface area contributed by atoms with Gasteiger partial charge in [-0.3, -0.25) is 9.59 Å². The van der Waals surface area contributed by atoms with Crippen LogP contribution < -0.4 is 15.0 Å². The second kappa shape index (κ2) is 7.43. The zero-order valence-corrected chi connectivity index (χ0v) is 17.2. The van der Waals surface area contributed by atoms with Gasteiger partial charge in [-0.2, -0.15) is 0 Å². The summed E-state index contributed by atoms with van der Waals surface area (Å²) in [5.74, 6) is 0.537. The largest absolute Gasteiger partial charge is 0.497 e. The predicted octanol–water partition coefficient (Wildman–Crippen LogP) is 4.32. The van der Waals surface area contributed by atoms with E-state index in [4.69, 9.17) is 9.47 Å². The van der Waals surface area contributed by atoms with Crippen molar-refractivity contribution in [3.63, 3.8) is 0 Å². The van der Waals surface area contributed by atoms with Crippen LogP contribution in [-0.2, 0) is 7.05 Å². The Morgan fingerprint density at radius 1 is 0.935 bits per heavy atom. The van der Waals surface area contributed by atoms with Crippen LogP contribution in [0.25, 0.3) is 10.9 Å². The van der Waals surface area contributed by atoms with Gasteiger partial charge in [0.05, 0.1) is 24.1 Å². The third-order valence-electron chi connectivity index (χ3n) is 5.94. The molecule has 4 aromatic rings. The first-order chi connectivity index (χ1) is 15.1. The summed E-state index contributed by atoms with van der Waals surface area (Å²) in [5.41, 5.74) is 2.52. The van der Waals surface area contributed by atoms with Crippen molar-refractivity contribution in [1.82, 2.24) is 4.57 Å². The van der Waals surface area contributed by atoms with Crippen molar-refractivity contribution < 1.29 is 14.3 Å². The molecule has 2 heterocycles. The van der Waals surface area contributed by atoms with E-state index in [0.717, 1.165) is 16.5 Å². The van der Waals surface area contributed by atoms with Crippen LogP contribution in [0.2, 0.25) is 0 Å². The highest BCUT2D eigenvalue weighted by atomic mass is 16.5. The van der Waals surface area contributed by atoms with Gasteiger partial charge in [0.2, 0.25) is 5.78 Å². The van der Waals surface area contributed by atoms with Gasteiger partial charge in [-0.25, -0.2) is 0 Å². The minimum atomic E-state index is -0.829. The van der Waals surface area contributed by atoms with Crippen LogP contribution in [0.5, 0.6) is 11.5 Å². The average molecular weight is 411 g/mol. The van der Waals surface area contributed by atoms with Crippen LogP contribution in [0.1, 0.15) is 27.4 Å². The minimum Gasteiger partial charge on any atom is -0.497 e. The fourth-order valence-corrected chi connectivity index (χ4v) is 4.36. The van der Waals surface area contributed by atoms with E-state index in [9.17, 15) is 9.59 Å². The van der Waals surface area contributed by atoms with Crippen molar-refractivity contribution in [3.05, 3.63) is 106 Å². The van der Waals surface area contributed by atoms with E-state index in [1.807, 2.05) is 66.7 Å². The lowest BCUT2D eigenvalue weighted by Gasteiger charge is -2.18. The molecule has 2 unspecified atom stereocenters. The van der Waals surface area contributed by atoms with E-state index >= 15 is 0 Å². The molecule has 1 aromatic heterocycles. The topological polar surface area (TPSA) is 57.5 Å². The maximum absolute atomic E-state index is 13.5. The maximum atomic E-state index is 13.5. The summed E-state index contributed by atoms with van der Waals surface area (Å²) in [6.45, 7) is 0. The third kappa shape index (κ3) is 3.01. The number of benzene rings is 3. The Hall–Kier alpha value is -3.86. The monoisotopic (exact) mass is 411 g/mol. The molecule has 5 heteroatoms. The molecule has 0 saturated heterocycles. The molecule has 154 valence electrons. The number of rotatable bonds is 4. The molecule has 1 aliphatic rings. The maximum Gasteiger partial charge on any atom is 0.258 e. The summed E-state index contributed by atoms with van der Waals surface area (Å²) in [6, 6.07) is 24.1. The van der Waals surface area contributed by atoms with Gasteiger partial charge in [0.1, 0.15) is 11.5 Å². The van der Waals surface area contributed by atoms with Crippen LogP contribution >= 0.6 is 0 Å². The van der Waals surface area contributed by atoms with E-state index < -0.39 is 12.0 Å². The summed E-state index contributed by atoms with van der Waals surface area (Å²) in [5, 5.41) is 0.821. The zero-order valence-electron chi connectivity index (χ0n) is 17.2. The number of aromatic nitrogens is 1. The number of aryl methyl sites for hydroxylation is 1. The summed E-state index contributed by atoms with van der Waals surface area (Å²) in [6.07, 6.45) is -0.829. The van der Waals surface area contributed by atoms with Crippen molar-refractivity contribution in [2.45, 2.75) is 12.0 Å². The first-order valence-electron chi connectivity index (χ1n) is 10.1. The van der Waals surface area contributed by atoms with Crippen LogP contribution in [0.3, 0.4) is 0 Å². The van der Waals surface area contributed by atoms with Crippen molar-refractivity contribution in [3.8, 4) is 11.5 Å². The van der Waals surface area contributed by atoms with Crippen LogP contribution in [-0.4, -0.2) is 23.6 Å². The first-order valence-corrected chi connectivity index (χ1v) is 10.1. The van der Waals surface area contributed by atoms with E-state index in [2.05, 4.69) is 0 Å². The quantitative estimate of drug-likeness (QED) is 0.469. The van der Waals surface area contributed by atoms with Gasteiger partial charge in [-0.05, 0) is 29.8 Å². The molecule has 0 bridgehead atoms. The second-order valence-corrected chi connectivity index (χ2v) is 7.64. The summed E-state index contributed by atoms with van der Waals surface area (Å²) >= 11 is 0. The van der Waals surface area contributed by atoms with Gasteiger partial charge < -0.3 is 14.0 Å². The van der Waals surface area contributed by atoms with E-state index in [1.165, 1.54) is 0 Å². The fourth-order valence-electron chi connectivity index (χ4n) is 4.36. The van der Waals surface area contributed by atoms with Gasteiger partial charge in [0, 0.05) is 18.0 Å². The van der Waals surface area contributed by atoms with Crippen molar-refractivity contribution >= 4 is 16.7 Å². The number of ether oxygens (including phenoxy) is 2. The minimum absolute atomic E-state index is 0.149. The van der Waals surface area contributed by atoms with Crippen LogP contribution in [0, 0.1) is 0 Å². The third-order valence-corrected chi connectivity index (χ3v) is 5.94. The Balaban J connectivity index is 1.75. The Morgan fingerprint density at radius 3 is 2.32 bits per heavy atom. The summed E-state index contributed by atoms with van der Waals surface area (Å²) in [4.78, 5) is 26.9. The standard InChI is InChI=1S/C26H21NO4/c1-27-20-11-7-6-10-19(20)24-22(26(27)29)21(16-12-14-18(30-2)15-13-16)25(31-24)23(28)17-8-4-3-5-9-17/h3-15,21,25H,1-2H3. The second-order valence-electron chi connectivity index (χ2n) is 7.64. The summed E-state index contributed by atoms with van der Waals surface area (Å²) < 4.78 is 13.2. The van der Waals surface area contributed by atoms with Crippen molar-refractivity contribution in [1.29, 1.82) is 0 Å². The molecule has 2 atom stereocenters. The molecule has 0 fully saturated rings. The number of carbonyl (C=O) groups is 1. The molecule has 5 rings (SSSR count). The van der Waals surface area contributed by atoms with Gasteiger partial charge in [0.25, 0.3) is 5.56 Å². The molecule has 0 amide bonds. The molecule has 0 aliphatic carbocycles. The van der Waals surface area contributed by atoms with Crippen LogP contribution in [0.15, 0.2) is 83.7 Å². The number of methoxy groups -OCH3 is 1. The van der Waals surface area contributed by atoms with Crippen molar-refractivity contribution in [2.24, 2.45) is 7.05 Å². The normalized spacial score (nSPS) is 17.2. The highest BCUT2D eigenvalue weighted by Gasteiger charge is 2.44. The fraction of sp³-hybridized carbons (Fsp3) is 0.154. The van der Waals surface area contributed by atoms with Gasteiger partial charge >= 0.3 is 0 Å². The summed E-state index contributed by atoms with van der Waals surface area (Å²) in [7, 11) is 3.36. The molecular weight excluding hydrogens is 390 g/mol. The molecule has 0 spiro atoms. The zero-order chi connectivity index (χ0) is 21.5. The highest BCUT2D eigenvalue weighted by molar-refractivity contribution is 6.02. The number of fused-ring (bicyclic) bond motifs is 3. The molecule has 0 N–H and O–H groups in total. The number of para-hydroxylation sites is 1. The lowest BCUT2D eigenvalue weighted by Crippen LogP contribution is -2.32. The molecular formula is C26H21NO4. The SMILES string of the molecule is COc1ccc(C2c3c(c4ccccc4n(C)c3=O)OC2C(=O)c2ccccc2)cc1. The number of carbonyl (C=O) groups excluding carboxylic acids is 1. The van der Waals surface area contributed by atoms with Crippen LogP contribution in [0.4, 0.5) is 0 Å². The average Bonchev–Trinajstić information content (AvgIpc) is 3.23. The first kappa shape index (κ1) is 19.1. The Labute approximate surface area is 179 Å². The van der Waals surface area contributed by atoms with Gasteiger partial charge in [-0.1, -0.05) is 54.6 Å². The molecule has 0 saturated carbocycles. The Kier molecular flexibility index (Phi) is 4.59. The van der Waals surface area contributed by atoms with E-state index in [0.29, 0.717) is 22.6 Å². The molecule has 5 nitrogen and oxygen atoms in total. The highest BCUT2D eigenvalue weighted by Crippen LogP contribution is 2.45. The van der Waals surface area contributed by atoms with Crippen molar-refractivity contribution in [2.75, 3.05) is 7.11 Å². The molecule has 0 radical (unpaired) electrons. The number of hydrogen-bond donors (Lipinski definition) is 0. The molecule has 1 aliphatic heterocycles. The Morgan fingerprint density at radius 2 is 1.61 bits per heavy atom. The number of nitrogens with zero attached hydrogens (tertiary/aromatic N) is 1. The Bertz CT molecular complexity index is 1340. The number of Topliss-reactive ketones (excluding diaryl/α,β-unsaturated/α-hetero) is 1. The molecule has 3 aromatic carbocycles. The van der Waals surface area contributed by atoms with E-state index in [1.54, 1.807) is 30.9 Å². The van der Waals surface area contributed by atoms with E-state index in [-0.39, 0.29) is 11.3 Å². The lowest BCUT2D eigenvalue weighted by atomic mass is 9.85. The number of pyridine rings is 1. The predicted molar refractivity (Wildman–Crippen MR) is 119 cm³/mol. The smallest absolute Gasteiger partial charge is 0.258 e. The molecule has 31 heavy (non-hydrogen) atoms. The number of ketones is 1. The lowest BCUT2D eigenvalue weighted by molar-refractivity contribution is 0.0808. The van der Waals surface area contributed by atoms with Gasteiger partial charge in [-0.15, -0.1) is 0 Å². The number of hydrogen-bond acceptors (Lipinski definition) is 4.